The lowest BCUT2D eigenvalue weighted by molar-refractivity contribution is -0.338. The van der Waals surface area contributed by atoms with Crippen molar-refractivity contribution >= 4 is 66.8 Å². The van der Waals surface area contributed by atoms with Gasteiger partial charge < -0.3 is 63.6 Å². The summed E-state index contributed by atoms with van der Waals surface area (Å²) >= 11 is 2.69. The summed E-state index contributed by atoms with van der Waals surface area (Å²) in [5.74, 6) is 11.3. The summed E-state index contributed by atoms with van der Waals surface area (Å²) < 4.78 is 48.6. The first kappa shape index (κ1) is 53.5. The molecule has 0 saturated carbocycles. The van der Waals surface area contributed by atoms with Crippen LogP contribution < -0.4 is 10.6 Å². The van der Waals surface area contributed by atoms with E-state index in [0.717, 1.165) is 7.11 Å². The number of hydrogen-bond acceptors (Lipinski definition) is 20. The molecular formula is C43H62N2O14S5. The molecular weight excluding hydrogens is 929 g/mol. The van der Waals surface area contributed by atoms with Crippen molar-refractivity contribution in [3.05, 3.63) is 35.1 Å². The molecule has 0 unspecified atom stereocenters. The van der Waals surface area contributed by atoms with Crippen molar-refractivity contribution in [1.82, 2.24) is 10.6 Å². The van der Waals surface area contributed by atoms with Crippen molar-refractivity contribution in [2.45, 2.75) is 142 Å². The molecule has 5 rings (SSSR count). The molecule has 6 N–H and O–H groups in total. The van der Waals surface area contributed by atoms with Crippen LogP contribution in [0.5, 0.6) is 0 Å². The Morgan fingerprint density at radius 1 is 1.08 bits per heavy atom. The third-order valence-corrected chi connectivity index (χ3v) is 18.1. The first-order valence-electron chi connectivity index (χ1n) is 20.9. The zero-order valence-corrected chi connectivity index (χ0v) is 41.6. The van der Waals surface area contributed by atoms with Crippen molar-refractivity contribution in [3.8, 4) is 23.7 Å². The molecule has 15 atom stereocenters. The Hall–Kier alpha value is -1.45. The van der Waals surface area contributed by atoms with Crippen LogP contribution in [0.3, 0.4) is 0 Å². The van der Waals surface area contributed by atoms with Gasteiger partial charge in [0.1, 0.15) is 24.4 Å². The number of aliphatic hydroxyl groups excluding tert-OH is 3. The largest absolute Gasteiger partial charge is 0.453 e. The molecule has 358 valence electrons. The van der Waals surface area contributed by atoms with Gasteiger partial charge in [-0.1, -0.05) is 65.2 Å². The van der Waals surface area contributed by atoms with Gasteiger partial charge in [-0.25, -0.2) is 4.79 Å². The molecule has 0 aromatic carbocycles. The van der Waals surface area contributed by atoms with Gasteiger partial charge in [-0.05, 0) is 54.6 Å². The van der Waals surface area contributed by atoms with E-state index in [1.165, 1.54) is 67.1 Å². The van der Waals surface area contributed by atoms with Crippen LogP contribution in [0.4, 0.5) is 4.79 Å². The average Bonchev–Trinajstić information content (AvgIpc) is 3.25. The van der Waals surface area contributed by atoms with Gasteiger partial charge in [0.05, 0.1) is 72.9 Å². The van der Waals surface area contributed by atoms with Crippen LogP contribution in [0.2, 0.25) is 0 Å². The number of fused-ring (bicyclic) bond motifs is 2. The summed E-state index contributed by atoms with van der Waals surface area (Å²) in [5.41, 5.74) is -2.05. The number of nitrogens with one attached hydrogen (secondary N) is 2. The number of ketones is 1. The van der Waals surface area contributed by atoms with Gasteiger partial charge in [-0.15, -0.1) is 0 Å². The predicted molar refractivity (Wildman–Crippen MR) is 251 cm³/mol. The Labute approximate surface area is 396 Å². The average molecular weight is 991 g/mol. The van der Waals surface area contributed by atoms with Crippen LogP contribution in [0.25, 0.3) is 0 Å². The van der Waals surface area contributed by atoms with E-state index in [1.807, 2.05) is 33.3 Å². The molecule has 21 heteroatoms. The summed E-state index contributed by atoms with van der Waals surface area (Å²) in [6.45, 7) is 7.22. The smallest absolute Gasteiger partial charge is 0.411 e. The van der Waals surface area contributed by atoms with Crippen LogP contribution in [-0.2, 0) is 42.7 Å². The maximum atomic E-state index is 14.0. The van der Waals surface area contributed by atoms with Crippen LogP contribution in [-0.4, -0.2) is 180 Å². The van der Waals surface area contributed by atoms with Gasteiger partial charge >= 0.3 is 6.09 Å². The van der Waals surface area contributed by atoms with Crippen molar-refractivity contribution in [2.24, 2.45) is 0 Å². The topological polar surface area (TPSA) is 213 Å². The maximum Gasteiger partial charge on any atom is 0.411 e. The molecule has 3 aliphatic heterocycles. The number of thioether (sulfide) groups is 2. The third-order valence-electron chi connectivity index (χ3n) is 11.6. The van der Waals surface area contributed by atoms with Gasteiger partial charge in [-0.3, -0.25) is 10.1 Å². The van der Waals surface area contributed by atoms with E-state index < -0.39 is 90.7 Å². The minimum Gasteiger partial charge on any atom is -0.453 e. The number of methoxy groups -OCH3 is 2. The number of rotatable bonds is 18. The highest BCUT2D eigenvalue weighted by molar-refractivity contribution is 9.09. The van der Waals surface area contributed by atoms with E-state index in [4.69, 9.17) is 37.9 Å². The number of Topliss-reactive ketones (excluding diaryl/α,β-unsaturated/α-hetero) is 1. The number of aliphatic hydroxyl groups is 4. The lowest BCUT2D eigenvalue weighted by Crippen LogP contribution is -2.71. The number of ether oxygens (including phenoxy) is 8. The van der Waals surface area contributed by atoms with E-state index in [-0.39, 0.29) is 65.8 Å². The summed E-state index contributed by atoms with van der Waals surface area (Å²) in [5, 5.41) is 53.0. The Morgan fingerprint density at radius 3 is 2.47 bits per heavy atom. The van der Waals surface area contributed by atoms with E-state index in [9.17, 15) is 30.0 Å². The van der Waals surface area contributed by atoms with Crippen LogP contribution in [0.15, 0.2) is 35.1 Å². The molecule has 16 nitrogen and oxygen atoms in total. The number of carbonyl (C=O) groups excluding carboxylic acids is 2. The first-order chi connectivity index (χ1) is 30.6. The molecule has 2 bridgehead atoms. The molecule has 0 aromatic rings. The lowest BCUT2D eigenvalue weighted by Gasteiger charge is -2.54. The fourth-order valence-corrected chi connectivity index (χ4v) is 13.1. The summed E-state index contributed by atoms with van der Waals surface area (Å²) in [7, 11) is 7.28. The van der Waals surface area contributed by atoms with Crippen molar-refractivity contribution in [3.63, 3.8) is 0 Å². The Kier molecular flexibility index (Phi) is 20.7. The Bertz CT molecular complexity index is 1820. The van der Waals surface area contributed by atoms with E-state index >= 15 is 0 Å². The normalized spacial score (nSPS) is 38.2. The number of allylic oxidation sites excluding steroid dienone is 3. The van der Waals surface area contributed by atoms with E-state index in [0.29, 0.717) is 5.75 Å². The van der Waals surface area contributed by atoms with Crippen molar-refractivity contribution in [1.29, 1.82) is 0 Å². The molecule has 2 aliphatic carbocycles. The lowest BCUT2D eigenvalue weighted by atomic mass is 9.75. The summed E-state index contributed by atoms with van der Waals surface area (Å²) in [4.78, 5) is 26.9. The van der Waals surface area contributed by atoms with Crippen molar-refractivity contribution in [2.75, 3.05) is 52.0 Å². The SMILES string of the molecule is COC(=O)NC1=C2C(=CCSSSC)[C@](O)(C#C/C=C\C#C[C@@H]2O[C@@H]2O[C@H](C)[C@@](SC)([C@H](CO)O[C@H]3C[C@H](O)[C@H](SC)[C@@H](C)O3)[C@H](O)[C@H]2O[C@H]2C[C@H](OC)[C@@H](NC(C)C)CO2)CC1=O. The second-order valence-corrected chi connectivity index (χ2v) is 22.5. The second-order valence-electron chi connectivity index (χ2n) is 15.9. The standard InChI is InChI=1S/C43H62N2O14S5/c1-23(2)44-27-22-54-33(19-31(27)52-5)59-37-39(49)43(61-8,32(21-46)58-34-18-28(47)38(60-7)24(3)55-34)25(4)56-40(37)57-30-14-12-10-11-13-16-42(51)20-29(48)36(45-41(50)53-6)35(30)26(42)15-17-63-64-62-9/h10-11,15,23-25,27-28,30-34,37-40,44,46-47,49,51H,17-22H2,1-9H3,(H,45,50)/b11-10-,26-15?/t24-,25-,27+,28+,30+,31+,32+,33+,34+,37-,38-,39-,40+,42+,43-/m1/s1. The molecule has 3 fully saturated rings. The maximum absolute atomic E-state index is 14.0. The van der Waals surface area contributed by atoms with Crippen LogP contribution in [0.1, 0.15) is 47.0 Å². The minimum atomic E-state index is -2.02. The van der Waals surface area contributed by atoms with E-state index in [2.05, 4.69) is 34.3 Å². The highest BCUT2D eigenvalue weighted by Crippen LogP contribution is 2.47. The van der Waals surface area contributed by atoms with Gasteiger partial charge in [0.2, 0.25) is 0 Å². The highest BCUT2D eigenvalue weighted by atomic mass is 33.5. The zero-order valence-electron chi connectivity index (χ0n) is 37.5. The van der Waals surface area contributed by atoms with Gasteiger partial charge in [-0.2, -0.15) is 23.5 Å². The highest BCUT2D eigenvalue weighted by Gasteiger charge is 2.61. The van der Waals surface area contributed by atoms with Gasteiger partial charge in [0.25, 0.3) is 0 Å². The van der Waals surface area contributed by atoms with Crippen molar-refractivity contribution < 1.29 is 67.9 Å². The number of carbonyl (C=O) groups is 2. The minimum absolute atomic E-state index is 0.0143. The fourth-order valence-electron chi connectivity index (χ4n) is 8.68. The number of hydrogen-bond donors (Lipinski definition) is 6. The molecule has 3 saturated heterocycles. The predicted octanol–water partition coefficient (Wildman–Crippen LogP) is 3.17. The Balaban J connectivity index is 1.61. The number of amides is 1. The Morgan fingerprint density at radius 2 is 1.83 bits per heavy atom. The van der Waals surface area contributed by atoms with E-state index in [1.54, 1.807) is 26.4 Å². The zero-order chi connectivity index (χ0) is 46.8. The number of alkyl carbamates (subject to hydrolysis) is 1. The molecule has 3 heterocycles. The summed E-state index contributed by atoms with van der Waals surface area (Å²) in [6, 6.07) is -0.0283. The fraction of sp³-hybridized carbons (Fsp3) is 0.721. The van der Waals surface area contributed by atoms with Gasteiger partial charge in [0.15, 0.2) is 30.3 Å². The first-order valence-corrected chi connectivity index (χ1v) is 27.5. The monoisotopic (exact) mass is 990 g/mol. The van der Waals surface area contributed by atoms with Crippen LogP contribution in [0, 0.1) is 23.7 Å². The van der Waals surface area contributed by atoms with Gasteiger partial charge in [0, 0.05) is 42.9 Å². The quantitative estimate of drug-likeness (QED) is 0.0662. The molecule has 64 heavy (non-hydrogen) atoms. The molecule has 1 amide bonds. The second kappa shape index (κ2) is 24.7. The molecule has 0 spiro atoms. The molecule has 5 aliphatic rings. The molecule has 0 aromatic heterocycles. The third kappa shape index (κ3) is 12.4. The molecule has 0 radical (unpaired) electrons. The summed E-state index contributed by atoms with van der Waals surface area (Å²) in [6.07, 6.45) is -2.18. The van der Waals surface area contributed by atoms with Crippen LogP contribution >= 0.6 is 54.9 Å².